The zero-order valence-corrected chi connectivity index (χ0v) is 7.21. The van der Waals surface area contributed by atoms with Gasteiger partial charge < -0.3 is 16.8 Å². The minimum atomic E-state index is 0.254. The Kier molecular flexibility index (Phi) is 7.37. The molecule has 0 aliphatic heterocycles. The largest absolute Gasteiger partial charge is 0.375 e. The predicted octanol–water partition coefficient (Wildman–Crippen LogP) is -2.13. The lowest BCUT2D eigenvalue weighted by Gasteiger charge is -2.06. The molecule has 0 aliphatic rings. The lowest BCUT2D eigenvalue weighted by atomic mass is 10.6. The van der Waals surface area contributed by atoms with E-state index >= 15 is 0 Å². The first-order valence-corrected chi connectivity index (χ1v) is 3.87. The van der Waals surface area contributed by atoms with Gasteiger partial charge in [0.25, 0.3) is 0 Å². The third kappa shape index (κ3) is 9.57. The van der Waals surface area contributed by atoms with Gasteiger partial charge in [0, 0.05) is 26.2 Å². The number of nitrogens with two attached hydrogens (primary N) is 2. The summed E-state index contributed by atoms with van der Waals surface area (Å²) >= 11 is 4.56. The van der Waals surface area contributed by atoms with Gasteiger partial charge in [-0.1, -0.05) is 0 Å². The van der Waals surface area contributed by atoms with Crippen LogP contribution in [0.1, 0.15) is 0 Å². The van der Waals surface area contributed by atoms with Gasteiger partial charge in [0.2, 0.25) is 0 Å². The molecule has 66 valence electrons. The van der Waals surface area contributed by atoms with E-state index in [1.54, 1.807) is 0 Å². The van der Waals surface area contributed by atoms with Crippen molar-refractivity contribution >= 4 is 17.3 Å². The molecule has 6 heteroatoms. The second-order valence-electron chi connectivity index (χ2n) is 1.95. The van der Waals surface area contributed by atoms with Crippen LogP contribution in [0.5, 0.6) is 0 Å². The van der Waals surface area contributed by atoms with Crippen LogP contribution in [0.3, 0.4) is 0 Å². The Hall–Kier alpha value is -0.430. The normalized spacial score (nSPS) is 9.55. The van der Waals surface area contributed by atoms with Crippen LogP contribution < -0.4 is 27.6 Å². The number of hydrogen-bond acceptors (Lipinski definition) is 4. The molecule has 0 unspecified atom stereocenters. The van der Waals surface area contributed by atoms with Gasteiger partial charge in [-0.2, -0.15) is 0 Å². The molecule has 0 spiro atoms. The van der Waals surface area contributed by atoms with E-state index in [2.05, 4.69) is 28.4 Å². The maximum Gasteiger partial charge on any atom is 0.178 e. The van der Waals surface area contributed by atoms with Crippen LogP contribution in [0.4, 0.5) is 0 Å². The summed E-state index contributed by atoms with van der Waals surface area (Å²) in [6.07, 6.45) is 0. The fourth-order valence-corrected chi connectivity index (χ4v) is 0.600. The second kappa shape index (κ2) is 7.67. The van der Waals surface area contributed by atoms with Gasteiger partial charge in [0.05, 0.1) is 0 Å². The second-order valence-corrected chi connectivity index (χ2v) is 2.39. The Balaban J connectivity index is 2.85. The quantitative estimate of drug-likeness (QED) is 0.181. The molecule has 0 rings (SSSR count). The molecule has 11 heavy (non-hydrogen) atoms. The Morgan fingerprint density at radius 1 is 1.27 bits per heavy atom. The maximum absolute atomic E-state index is 5.25. The van der Waals surface area contributed by atoms with E-state index in [1.807, 2.05) is 0 Å². The molecular weight excluding hydrogens is 162 g/mol. The summed E-state index contributed by atoms with van der Waals surface area (Å²) in [5.74, 6) is 0. The van der Waals surface area contributed by atoms with Gasteiger partial charge in [-0.3, -0.25) is 5.43 Å². The van der Waals surface area contributed by atoms with Crippen LogP contribution in [-0.2, 0) is 0 Å². The minimum Gasteiger partial charge on any atom is -0.375 e. The predicted molar refractivity (Wildman–Crippen MR) is 49.8 cm³/mol. The Morgan fingerprint density at radius 2 is 2.00 bits per heavy atom. The fraction of sp³-hybridized carbons (Fsp3) is 0.800. The van der Waals surface area contributed by atoms with E-state index in [0.717, 1.165) is 19.6 Å². The zero-order valence-electron chi connectivity index (χ0n) is 6.39. The average Bonchev–Trinajstić information content (AvgIpc) is 1.96. The highest BCUT2D eigenvalue weighted by Crippen LogP contribution is 1.56. The van der Waals surface area contributed by atoms with Gasteiger partial charge in [-0.15, -0.1) is 0 Å². The van der Waals surface area contributed by atoms with Gasteiger partial charge >= 0.3 is 0 Å². The van der Waals surface area contributed by atoms with Gasteiger partial charge in [-0.05, 0) is 12.2 Å². The van der Waals surface area contributed by atoms with Gasteiger partial charge in [0.15, 0.2) is 5.11 Å². The summed E-state index contributed by atoms with van der Waals surface area (Å²) in [7, 11) is 0. The van der Waals surface area contributed by atoms with Crippen LogP contribution in [0, 0.1) is 0 Å². The van der Waals surface area contributed by atoms with Crippen LogP contribution in [0.2, 0.25) is 0 Å². The molecule has 0 atom stereocenters. The molecule has 0 bridgehead atoms. The van der Waals surface area contributed by atoms with Crippen molar-refractivity contribution in [1.29, 1.82) is 0 Å². The van der Waals surface area contributed by atoms with E-state index in [1.165, 1.54) is 0 Å². The Morgan fingerprint density at radius 3 is 2.55 bits per heavy atom. The summed E-state index contributed by atoms with van der Waals surface area (Å²) in [4.78, 5) is 0. The van der Waals surface area contributed by atoms with Crippen molar-refractivity contribution in [3.8, 4) is 0 Å². The summed E-state index contributed by atoms with van der Waals surface area (Å²) in [5, 5.41) is 3.35. The summed E-state index contributed by atoms with van der Waals surface area (Å²) in [5.41, 5.74) is 15.8. The number of rotatable bonds is 6. The van der Waals surface area contributed by atoms with Crippen molar-refractivity contribution in [3.63, 3.8) is 0 Å². The monoisotopic (exact) mass is 177 g/mol. The molecule has 7 N–H and O–H groups in total. The molecule has 0 radical (unpaired) electrons. The molecule has 0 aromatic carbocycles. The molecule has 0 saturated heterocycles. The maximum atomic E-state index is 5.25. The van der Waals surface area contributed by atoms with E-state index in [0.29, 0.717) is 6.54 Å². The molecule has 0 amide bonds. The Bertz CT molecular complexity index is 107. The summed E-state index contributed by atoms with van der Waals surface area (Å²) < 4.78 is 0. The SMILES string of the molecule is NCCNCCNNC(N)=S. The molecule has 0 aromatic heterocycles. The van der Waals surface area contributed by atoms with Crippen LogP contribution in [0.25, 0.3) is 0 Å². The van der Waals surface area contributed by atoms with Crippen LogP contribution >= 0.6 is 12.2 Å². The highest BCUT2D eigenvalue weighted by Gasteiger charge is 1.85. The van der Waals surface area contributed by atoms with Crippen molar-refractivity contribution in [2.75, 3.05) is 26.2 Å². The van der Waals surface area contributed by atoms with Gasteiger partial charge in [0.1, 0.15) is 0 Å². The fourth-order valence-electron chi connectivity index (χ4n) is 0.528. The number of hydrogen-bond donors (Lipinski definition) is 5. The Labute approximate surface area is 71.9 Å². The third-order valence-corrected chi connectivity index (χ3v) is 1.06. The van der Waals surface area contributed by atoms with Crippen LogP contribution in [0.15, 0.2) is 0 Å². The molecule has 0 aromatic rings. The first-order valence-electron chi connectivity index (χ1n) is 3.46. The lowest BCUT2D eigenvalue weighted by molar-refractivity contribution is 0.595. The molecular formula is C5H15N5S. The summed E-state index contributed by atoms with van der Waals surface area (Å²) in [6.45, 7) is 3.08. The van der Waals surface area contributed by atoms with Crippen molar-refractivity contribution < 1.29 is 0 Å². The lowest BCUT2D eigenvalue weighted by Crippen LogP contribution is -2.44. The van der Waals surface area contributed by atoms with Crippen LogP contribution in [-0.4, -0.2) is 31.3 Å². The molecule has 0 saturated carbocycles. The average molecular weight is 177 g/mol. The van der Waals surface area contributed by atoms with Crippen molar-refractivity contribution in [3.05, 3.63) is 0 Å². The first kappa shape index (κ1) is 10.6. The highest BCUT2D eigenvalue weighted by atomic mass is 32.1. The van der Waals surface area contributed by atoms with Crippen molar-refractivity contribution in [2.24, 2.45) is 11.5 Å². The zero-order chi connectivity index (χ0) is 8.53. The van der Waals surface area contributed by atoms with Crippen molar-refractivity contribution in [1.82, 2.24) is 16.2 Å². The van der Waals surface area contributed by atoms with Gasteiger partial charge in [-0.25, -0.2) is 5.43 Å². The van der Waals surface area contributed by atoms with E-state index < -0.39 is 0 Å². The van der Waals surface area contributed by atoms with E-state index in [-0.39, 0.29) is 5.11 Å². The topological polar surface area (TPSA) is 88.1 Å². The highest BCUT2D eigenvalue weighted by molar-refractivity contribution is 7.80. The standard InChI is InChI=1S/C5H15N5S/c6-1-2-8-3-4-9-10-5(7)11/h8-9H,1-4,6H2,(H3,7,10,11). The molecule has 5 nitrogen and oxygen atoms in total. The minimum absolute atomic E-state index is 0.254. The summed E-state index contributed by atoms with van der Waals surface area (Å²) in [6, 6.07) is 0. The van der Waals surface area contributed by atoms with E-state index in [4.69, 9.17) is 11.5 Å². The first-order chi connectivity index (χ1) is 5.27. The molecule has 0 fully saturated rings. The number of hydrazine groups is 1. The molecule has 0 heterocycles. The molecule has 0 aliphatic carbocycles. The van der Waals surface area contributed by atoms with E-state index in [9.17, 15) is 0 Å². The number of thiocarbonyl (C=S) groups is 1. The number of nitrogens with one attached hydrogen (secondary N) is 3. The van der Waals surface area contributed by atoms with Crippen molar-refractivity contribution in [2.45, 2.75) is 0 Å². The smallest absolute Gasteiger partial charge is 0.178 e. The third-order valence-electron chi connectivity index (χ3n) is 0.959.